The third-order valence-corrected chi connectivity index (χ3v) is 4.83. The van der Waals surface area contributed by atoms with Gasteiger partial charge < -0.3 is 9.84 Å². The van der Waals surface area contributed by atoms with Crippen LogP contribution in [0, 0.1) is 24.4 Å². The number of fused-ring (bicyclic) bond motifs is 1. The van der Waals surface area contributed by atoms with Gasteiger partial charge in [0.25, 0.3) is 5.91 Å². The van der Waals surface area contributed by atoms with Crippen molar-refractivity contribution in [2.24, 2.45) is 0 Å². The van der Waals surface area contributed by atoms with Gasteiger partial charge >= 0.3 is 5.97 Å². The minimum absolute atomic E-state index is 0.0803. The standard InChI is InChI=1S/C22H20F3NO4/c1-10(2)30-22(29)11(3)20-12(4)26(18-9-17(25)19(27)8-14(18)20)21(28)13-5-6-15(23)16(24)7-13/h5-11,27H,1-4H3/t11-/m0/s1. The summed E-state index contributed by atoms with van der Waals surface area (Å²) in [6.45, 7) is 6.49. The third-order valence-electron chi connectivity index (χ3n) is 4.83. The number of hydrogen-bond acceptors (Lipinski definition) is 4. The summed E-state index contributed by atoms with van der Waals surface area (Å²) in [6.07, 6.45) is -0.372. The number of aromatic nitrogens is 1. The van der Waals surface area contributed by atoms with Gasteiger partial charge in [-0.3, -0.25) is 14.2 Å². The summed E-state index contributed by atoms with van der Waals surface area (Å²) < 4.78 is 47.4. The Morgan fingerprint density at radius 3 is 2.27 bits per heavy atom. The molecule has 5 nitrogen and oxygen atoms in total. The van der Waals surface area contributed by atoms with Crippen molar-refractivity contribution in [3.8, 4) is 5.75 Å². The molecule has 0 aliphatic rings. The number of benzene rings is 2. The zero-order valence-electron chi connectivity index (χ0n) is 16.8. The van der Waals surface area contributed by atoms with E-state index in [2.05, 4.69) is 0 Å². The van der Waals surface area contributed by atoms with E-state index >= 15 is 0 Å². The Balaban J connectivity index is 2.25. The predicted octanol–water partition coefficient (Wildman–Crippen LogP) is 4.82. The largest absolute Gasteiger partial charge is 0.505 e. The Morgan fingerprint density at radius 2 is 1.67 bits per heavy atom. The van der Waals surface area contributed by atoms with Crippen LogP contribution in [0.3, 0.4) is 0 Å². The van der Waals surface area contributed by atoms with Gasteiger partial charge in [-0.15, -0.1) is 0 Å². The van der Waals surface area contributed by atoms with Gasteiger partial charge in [0, 0.05) is 22.7 Å². The first kappa shape index (κ1) is 21.4. The van der Waals surface area contributed by atoms with Crippen LogP contribution in [-0.4, -0.2) is 27.7 Å². The number of carbonyl (C=O) groups is 2. The molecule has 0 saturated heterocycles. The molecular formula is C22H20F3NO4. The maximum atomic E-state index is 14.1. The fraction of sp³-hybridized carbons (Fsp3) is 0.273. The second-order valence-electron chi connectivity index (χ2n) is 7.30. The number of carbonyl (C=O) groups excluding carboxylic acids is 2. The molecule has 3 aromatic rings. The number of rotatable bonds is 4. The fourth-order valence-electron chi connectivity index (χ4n) is 3.47. The predicted molar refractivity (Wildman–Crippen MR) is 104 cm³/mol. The first-order valence-electron chi connectivity index (χ1n) is 9.26. The molecule has 158 valence electrons. The summed E-state index contributed by atoms with van der Waals surface area (Å²) in [5, 5.41) is 10.1. The summed E-state index contributed by atoms with van der Waals surface area (Å²) >= 11 is 0. The number of esters is 1. The number of phenols is 1. The van der Waals surface area contributed by atoms with Crippen LogP contribution in [0.4, 0.5) is 13.2 Å². The van der Waals surface area contributed by atoms with E-state index in [4.69, 9.17) is 4.74 Å². The lowest BCUT2D eigenvalue weighted by Gasteiger charge is -2.15. The van der Waals surface area contributed by atoms with Crippen molar-refractivity contribution in [1.82, 2.24) is 4.57 Å². The third kappa shape index (κ3) is 3.65. The molecule has 0 unspecified atom stereocenters. The lowest BCUT2D eigenvalue weighted by Crippen LogP contribution is -2.19. The first-order valence-corrected chi connectivity index (χ1v) is 9.26. The highest BCUT2D eigenvalue weighted by molar-refractivity contribution is 6.05. The minimum atomic E-state index is -1.20. The highest BCUT2D eigenvalue weighted by atomic mass is 19.2. The quantitative estimate of drug-likeness (QED) is 0.616. The summed E-state index contributed by atoms with van der Waals surface area (Å²) in [7, 11) is 0. The molecule has 1 N–H and O–H groups in total. The van der Waals surface area contributed by atoms with Gasteiger partial charge in [0.2, 0.25) is 0 Å². The van der Waals surface area contributed by atoms with E-state index in [1.165, 1.54) is 0 Å². The van der Waals surface area contributed by atoms with Gasteiger partial charge in [0.1, 0.15) is 0 Å². The van der Waals surface area contributed by atoms with Crippen molar-refractivity contribution >= 4 is 22.8 Å². The molecule has 30 heavy (non-hydrogen) atoms. The van der Waals surface area contributed by atoms with E-state index in [0.29, 0.717) is 5.56 Å². The van der Waals surface area contributed by atoms with Crippen LogP contribution in [0.1, 0.15) is 48.3 Å². The molecule has 0 aliphatic heterocycles. The average molecular weight is 419 g/mol. The van der Waals surface area contributed by atoms with Crippen LogP contribution in [0.25, 0.3) is 10.9 Å². The summed E-state index contributed by atoms with van der Waals surface area (Å²) in [5.41, 5.74) is 0.572. The number of hydrogen-bond donors (Lipinski definition) is 1. The second kappa shape index (κ2) is 7.85. The molecule has 0 bridgehead atoms. The van der Waals surface area contributed by atoms with Crippen LogP contribution in [0.5, 0.6) is 5.75 Å². The molecule has 0 fully saturated rings. The summed E-state index contributed by atoms with van der Waals surface area (Å²) in [4.78, 5) is 25.6. The van der Waals surface area contributed by atoms with E-state index in [-0.39, 0.29) is 28.3 Å². The molecule has 0 spiro atoms. The van der Waals surface area contributed by atoms with E-state index in [1.54, 1.807) is 27.7 Å². The molecule has 0 saturated carbocycles. The minimum Gasteiger partial charge on any atom is -0.505 e. The summed E-state index contributed by atoms with van der Waals surface area (Å²) in [5.74, 6) is -6.06. The Labute approximate surface area is 170 Å². The molecule has 1 heterocycles. The molecule has 8 heteroatoms. The molecule has 3 rings (SSSR count). The normalized spacial score (nSPS) is 12.4. The zero-order valence-corrected chi connectivity index (χ0v) is 16.8. The molecule has 0 aliphatic carbocycles. The number of halogens is 3. The Hall–Kier alpha value is -3.29. The lowest BCUT2D eigenvalue weighted by molar-refractivity contribution is -0.148. The molecule has 1 atom stereocenters. The van der Waals surface area contributed by atoms with Gasteiger partial charge in [-0.2, -0.15) is 0 Å². The van der Waals surface area contributed by atoms with E-state index in [9.17, 15) is 27.9 Å². The maximum absolute atomic E-state index is 14.1. The van der Waals surface area contributed by atoms with Crippen LogP contribution in [0.15, 0.2) is 30.3 Å². The number of phenolic OH excluding ortho intramolecular Hbond substituents is 1. The molecule has 0 amide bonds. The van der Waals surface area contributed by atoms with E-state index in [1.807, 2.05) is 0 Å². The van der Waals surface area contributed by atoms with Crippen LogP contribution < -0.4 is 0 Å². The van der Waals surface area contributed by atoms with E-state index < -0.39 is 41.0 Å². The Bertz CT molecular complexity index is 1170. The van der Waals surface area contributed by atoms with Crippen molar-refractivity contribution in [3.05, 3.63) is 64.6 Å². The highest BCUT2D eigenvalue weighted by Gasteiger charge is 2.29. The van der Waals surface area contributed by atoms with Crippen molar-refractivity contribution < 1.29 is 32.6 Å². The Morgan fingerprint density at radius 1 is 1.00 bits per heavy atom. The smallest absolute Gasteiger partial charge is 0.313 e. The van der Waals surface area contributed by atoms with Crippen molar-refractivity contribution in [3.63, 3.8) is 0 Å². The van der Waals surface area contributed by atoms with Crippen molar-refractivity contribution in [2.45, 2.75) is 39.7 Å². The molecule has 1 aromatic heterocycles. The lowest BCUT2D eigenvalue weighted by atomic mass is 9.97. The highest BCUT2D eigenvalue weighted by Crippen LogP contribution is 2.36. The van der Waals surface area contributed by atoms with Gasteiger partial charge in [0.05, 0.1) is 17.5 Å². The van der Waals surface area contributed by atoms with Crippen molar-refractivity contribution in [1.29, 1.82) is 0 Å². The van der Waals surface area contributed by atoms with Crippen LogP contribution >= 0.6 is 0 Å². The maximum Gasteiger partial charge on any atom is 0.313 e. The Kier molecular flexibility index (Phi) is 5.61. The van der Waals surface area contributed by atoms with E-state index in [0.717, 1.165) is 34.9 Å². The van der Waals surface area contributed by atoms with Crippen LogP contribution in [0.2, 0.25) is 0 Å². The van der Waals surface area contributed by atoms with Gasteiger partial charge in [-0.25, -0.2) is 13.2 Å². The topological polar surface area (TPSA) is 68.5 Å². The monoisotopic (exact) mass is 419 g/mol. The molecule has 0 radical (unpaired) electrons. The molecular weight excluding hydrogens is 399 g/mol. The number of aromatic hydroxyl groups is 1. The second-order valence-corrected chi connectivity index (χ2v) is 7.30. The zero-order chi connectivity index (χ0) is 22.3. The SMILES string of the molecule is Cc1c([C@H](C)C(=O)OC(C)C)c2cc(O)c(F)cc2n1C(=O)c1ccc(F)c(F)c1. The van der Waals surface area contributed by atoms with Gasteiger partial charge in [-0.1, -0.05) is 0 Å². The number of ether oxygens (including phenoxy) is 1. The molecule has 2 aromatic carbocycles. The number of nitrogens with zero attached hydrogens (tertiary/aromatic N) is 1. The fourth-order valence-corrected chi connectivity index (χ4v) is 3.47. The van der Waals surface area contributed by atoms with Crippen molar-refractivity contribution in [2.75, 3.05) is 0 Å². The van der Waals surface area contributed by atoms with Crippen LogP contribution in [-0.2, 0) is 9.53 Å². The van der Waals surface area contributed by atoms with Gasteiger partial charge in [-0.05, 0) is 57.5 Å². The summed E-state index contributed by atoms with van der Waals surface area (Å²) in [6, 6.07) is 4.76. The average Bonchev–Trinajstić information content (AvgIpc) is 2.93. The first-order chi connectivity index (χ1) is 14.0. The van der Waals surface area contributed by atoms with Gasteiger partial charge in [0.15, 0.2) is 23.2 Å².